The summed E-state index contributed by atoms with van der Waals surface area (Å²) in [6.45, 7) is 0.306. The van der Waals surface area contributed by atoms with E-state index in [4.69, 9.17) is 9.47 Å². The van der Waals surface area contributed by atoms with Gasteiger partial charge < -0.3 is 19.6 Å². The minimum Gasteiger partial charge on any atom is -0.487 e. The lowest BCUT2D eigenvalue weighted by Crippen LogP contribution is -1.96. The van der Waals surface area contributed by atoms with Crippen LogP contribution in [0.1, 0.15) is 10.6 Å². The van der Waals surface area contributed by atoms with Crippen LogP contribution in [0, 0.1) is 0 Å². The molecule has 0 saturated heterocycles. The van der Waals surface area contributed by atoms with Crippen LogP contribution in [0.5, 0.6) is 17.2 Å². The molecule has 0 aliphatic carbocycles. The molecule has 6 nitrogen and oxygen atoms in total. The number of nitrogens with zero attached hydrogens (tertiary/aromatic N) is 2. The summed E-state index contributed by atoms with van der Waals surface area (Å²) in [7, 11) is 0. The lowest BCUT2D eigenvalue weighted by atomic mass is 10.2. The summed E-state index contributed by atoms with van der Waals surface area (Å²) in [6, 6.07) is 23.9. The number of H-pyrrole nitrogens is 1. The Bertz CT molecular complexity index is 1370. The van der Waals surface area contributed by atoms with E-state index in [0.29, 0.717) is 28.1 Å². The average Bonchev–Trinajstić information content (AvgIpc) is 3.51. The molecule has 3 aromatic carbocycles. The number of aliphatic hydroxyl groups excluding tert-OH is 1. The number of rotatable bonds is 8. The summed E-state index contributed by atoms with van der Waals surface area (Å²) < 4.78 is 12.4. The van der Waals surface area contributed by atoms with Gasteiger partial charge in [0.15, 0.2) is 5.01 Å². The van der Waals surface area contributed by atoms with Gasteiger partial charge in [-0.1, -0.05) is 41.7 Å². The number of thioether (sulfide) groups is 1. The average molecular weight is 476 g/mol. The molecule has 2 heterocycles. The highest BCUT2D eigenvalue weighted by Gasteiger charge is 2.15. The van der Waals surface area contributed by atoms with Gasteiger partial charge in [-0.3, -0.25) is 0 Å². The highest BCUT2D eigenvalue weighted by molar-refractivity contribution is 7.98. The van der Waals surface area contributed by atoms with Crippen molar-refractivity contribution < 1.29 is 14.6 Å². The first kappa shape index (κ1) is 21.5. The number of hydrogen-bond acceptors (Lipinski definition) is 7. The second-order valence-electron chi connectivity index (χ2n) is 7.28. The number of fused-ring (bicyclic) bond motifs is 1. The summed E-state index contributed by atoms with van der Waals surface area (Å²) >= 11 is 3.04. The molecule has 0 unspecified atom stereocenters. The third kappa shape index (κ3) is 4.88. The summed E-state index contributed by atoms with van der Waals surface area (Å²) in [5, 5.41) is 19.7. The quantitative estimate of drug-likeness (QED) is 0.257. The molecule has 0 radical (unpaired) electrons. The standard InChI is InChI=1S/C25H21N3O3S2/c1-32-20-9-7-18(8-10-20)31-19-11-17-12-21(25-28-27-23(14-29)33-25)26-24(17)22(13-19)30-15-16-5-3-2-4-6-16/h2-13,26,29H,14-15H2,1H3. The summed E-state index contributed by atoms with van der Waals surface area (Å²) in [4.78, 5) is 4.58. The minimum absolute atomic E-state index is 0.128. The van der Waals surface area contributed by atoms with Crippen molar-refractivity contribution in [3.63, 3.8) is 0 Å². The van der Waals surface area contributed by atoms with Crippen molar-refractivity contribution in [2.24, 2.45) is 0 Å². The molecule has 0 fully saturated rings. The van der Waals surface area contributed by atoms with Crippen molar-refractivity contribution in [3.05, 3.63) is 83.4 Å². The summed E-state index contributed by atoms with van der Waals surface area (Å²) in [5.41, 5.74) is 2.74. The number of aliphatic hydroxyl groups is 1. The second-order valence-corrected chi connectivity index (χ2v) is 9.22. The van der Waals surface area contributed by atoms with E-state index in [-0.39, 0.29) is 6.61 Å². The van der Waals surface area contributed by atoms with Crippen LogP contribution in [0.25, 0.3) is 21.6 Å². The van der Waals surface area contributed by atoms with Crippen LogP contribution < -0.4 is 9.47 Å². The molecule has 0 bridgehead atoms. The van der Waals surface area contributed by atoms with Crippen molar-refractivity contribution in [2.75, 3.05) is 6.26 Å². The number of benzene rings is 3. The monoisotopic (exact) mass is 475 g/mol. The van der Waals surface area contributed by atoms with E-state index in [0.717, 1.165) is 27.9 Å². The molecule has 0 amide bonds. The van der Waals surface area contributed by atoms with E-state index in [1.54, 1.807) is 11.8 Å². The number of ether oxygens (including phenoxy) is 2. The van der Waals surface area contributed by atoms with Gasteiger partial charge in [0.05, 0.1) is 17.8 Å². The Kier molecular flexibility index (Phi) is 6.30. The van der Waals surface area contributed by atoms with Crippen LogP contribution in [0.3, 0.4) is 0 Å². The lowest BCUT2D eigenvalue weighted by Gasteiger charge is -2.11. The third-order valence-corrected chi connectivity index (χ3v) is 6.72. The Hall–Kier alpha value is -3.33. The van der Waals surface area contributed by atoms with Crippen LogP contribution >= 0.6 is 23.1 Å². The van der Waals surface area contributed by atoms with Gasteiger partial charge in [0.1, 0.15) is 28.9 Å². The highest BCUT2D eigenvalue weighted by atomic mass is 32.2. The van der Waals surface area contributed by atoms with Gasteiger partial charge in [0, 0.05) is 16.3 Å². The van der Waals surface area contributed by atoms with E-state index < -0.39 is 0 Å². The Morgan fingerprint density at radius 2 is 1.79 bits per heavy atom. The zero-order valence-electron chi connectivity index (χ0n) is 17.8. The maximum Gasteiger partial charge on any atom is 0.164 e. The number of hydrogen-bond donors (Lipinski definition) is 2. The van der Waals surface area contributed by atoms with Crippen LogP contribution in [0.4, 0.5) is 0 Å². The smallest absolute Gasteiger partial charge is 0.164 e. The zero-order valence-corrected chi connectivity index (χ0v) is 19.5. The Labute approximate surface area is 199 Å². The van der Waals surface area contributed by atoms with Gasteiger partial charge in [-0.05, 0) is 48.2 Å². The van der Waals surface area contributed by atoms with Crippen molar-refractivity contribution >= 4 is 34.0 Å². The first-order chi connectivity index (χ1) is 16.2. The molecule has 5 aromatic rings. The lowest BCUT2D eigenvalue weighted by molar-refractivity contribution is 0.280. The van der Waals surface area contributed by atoms with Gasteiger partial charge in [-0.25, -0.2) is 0 Å². The molecule has 0 aliphatic rings. The molecular formula is C25H21N3O3S2. The Morgan fingerprint density at radius 1 is 0.970 bits per heavy atom. The number of aromatic amines is 1. The van der Waals surface area contributed by atoms with Gasteiger partial charge in [-0.2, -0.15) is 0 Å². The topological polar surface area (TPSA) is 80.3 Å². The molecule has 8 heteroatoms. The Morgan fingerprint density at radius 3 is 2.52 bits per heavy atom. The maximum absolute atomic E-state index is 9.33. The summed E-state index contributed by atoms with van der Waals surface area (Å²) in [5.74, 6) is 2.13. The molecule has 0 atom stereocenters. The zero-order chi connectivity index (χ0) is 22.6. The minimum atomic E-state index is -0.128. The van der Waals surface area contributed by atoms with Crippen LogP contribution in [-0.2, 0) is 13.2 Å². The largest absolute Gasteiger partial charge is 0.487 e. The van der Waals surface area contributed by atoms with Gasteiger partial charge in [-0.15, -0.1) is 22.0 Å². The molecule has 0 aliphatic heterocycles. The molecule has 5 rings (SSSR count). The van der Waals surface area contributed by atoms with Gasteiger partial charge in [0.2, 0.25) is 0 Å². The first-order valence-electron chi connectivity index (χ1n) is 10.3. The van der Waals surface area contributed by atoms with E-state index in [1.807, 2.05) is 79.1 Å². The SMILES string of the molecule is CSc1ccc(Oc2cc(OCc3ccccc3)c3[nH]c(-c4nnc(CO)s4)cc3c2)cc1. The molecule has 0 spiro atoms. The molecular weight excluding hydrogens is 454 g/mol. The Balaban J connectivity index is 1.51. The first-order valence-corrected chi connectivity index (χ1v) is 12.3. The number of aromatic nitrogens is 3. The molecule has 0 saturated carbocycles. The second kappa shape index (κ2) is 9.66. The fourth-order valence-electron chi connectivity index (χ4n) is 3.41. The molecule has 33 heavy (non-hydrogen) atoms. The van der Waals surface area contributed by atoms with Crippen LogP contribution in [-0.4, -0.2) is 26.5 Å². The third-order valence-electron chi connectivity index (χ3n) is 5.03. The fourth-order valence-corrected chi connectivity index (χ4v) is 4.49. The fraction of sp³-hybridized carbons (Fsp3) is 0.120. The summed E-state index contributed by atoms with van der Waals surface area (Å²) in [6.07, 6.45) is 2.05. The van der Waals surface area contributed by atoms with Gasteiger partial charge >= 0.3 is 0 Å². The van der Waals surface area contributed by atoms with Crippen LogP contribution in [0.15, 0.2) is 77.7 Å². The maximum atomic E-state index is 9.33. The van der Waals surface area contributed by atoms with Crippen molar-refractivity contribution in [2.45, 2.75) is 18.1 Å². The predicted octanol–water partition coefficient (Wildman–Crippen LogP) is 6.27. The van der Waals surface area contributed by atoms with Crippen molar-refractivity contribution in [1.82, 2.24) is 15.2 Å². The molecule has 166 valence electrons. The van der Waals surface area contributed by atoms with Crippen molar-refractivity contribution in [3.8, 4) is 28.0 Å². The van der Waals surface area contributed by atoms with E-state index in [9.17, 15) is 5.11 Å². The highest BCUT2D eigenvalue weighted by Crippen LogP contribution is 2.37. The van der Waals surface area contributed by atoms with Gasteiger partial charge in [0.25, 0.3) is 0 Å². The van der Waals surface area contributed by atoms with Crippen LogP contribution in [0.2, 0.25) is 0 Å². The van der Waals surface area contributed by atoms with E-state index in [1.165, 1.54) is 16.2 Å². The molecule has 2 N–H and O–H groups in total. The predicted molar refractivity (Wildman–Crippen MR) is 132 cm³/mol. The van der Waals surface area contributed by atoms with E-state index >= 15 is 0 Å². The molecule has 2 aromatic heterocycles. The normalized spacial score (nSPS) is 11.1. The van der Waals surface area contributed by atoms with E-state index in [2.05, 4.69) is 15.2 Å². The van der Waals surface area contributed by atoms with Crippen molar-refractivity contribution in [1.29, 1.82) is 0 Å². The number of nitrogens with one attached hydrogen (secondary N) is 1.